The van der Waals surface area contributed by atoms with Crippen molar-refractivity contribution >= 4 is 11.6 Å². The fourth-order valence-electron chi connectivity index (χ4n) is 2.58. The van der Waals surface area contributed by atoms with Gasteiger partial charge in [0.25, 0.3) is 0 Å². The number of hydrogen-bond acceptors (Lipinski definition) is 7. The molecule has 0 spiro atoms. The SMILES string of the molecule is COc1ccc(CCNc2nc(NCCO)cc(C)c2C#N)cc1OC. The summed E-state index contributed by atoms with van der Waals surface area (Å²) in [5, 5.41) is 24.6. The molecule has 0 bridgehead atoms. The Hall–Kier alpha value is -2.98. The van der Waals surface area contributed by atoms with Crippen LogP contribution in [0, 0.1) is 18.3 Å². The lowest BCUT2D eigenvalue weighted by atomic mass is 10.1. The van der Waals surface area contributed by atoms with Gasteiger partial charge in [0.1, 0.15) is 17.7 Å². The topological polar surface area (TPSA) is 99.4 Å². The summed E-state index contributed by atoms with van der Waals surface area (Å²) in [6, 6.07) is 9.77. The van der Waals surface area contributed by atoms with Crippen LogP contribution in [0.25, 0.3) is 0 Å². The minimum Gasteiger partial charge on any atom is -0.493 e. The molecule has 26 heavy (non-hydrogen) atoms. The van der Waals surface area contributed by atoms with E-state index >= 15 is 0 Å². The van der Waals surface area contributed by atoms with E-state index in [1.165, 1.54) is 0 Å². The fraction of sp³-hybridized carbons (Fsp3) is 0.368. The summed E-state index contributed by atoms with van der Waals surface area (Å²) in [6.45, 7) is 2.90. The van der Waals surface area contributed by atoms with E-state index in [-0.39, 0.29) is 6.61 Å². The van der Waals surface area contributed by atoms with E-state index in [4.69, 9.17) is 14.6 Å². The second-order valence-corrected chi connectivity index (χ2v) is 5.68. The van der Waals surface area contributed by atoms with Gasteiger partial charge >= 0.3 is 0 Å². The van der Waals surface area contributed by atoms with E-state index in [0.29, 0.717) is 41.8 Å². The minimum atomic E-state index is 0.0167. The number of aromatic nitrogens is 1. The molecule has 0 unspecified atom stereocenters. The number of pyridine rings is 1. The highest BCUT2D eigenvalue weighted by Crippen LogP contribution is 2.28. The van der Waals surface area contributed by atoms with Crippen LogP contribution in [-0.4, -0.2) is 44.0 Å². The van der Waals surface area contributed by atoms with Gasteiger partial charge in [-0.1, -0.05) is 6.07 Å². The first kappa shape index (κ1) is 19.3. The Balaban J connectivity index is 2.09. The van der Waals surface area contributed by atoms with Gasteiger partial charge in [0.05, 0.1) is 26.4 Å². The molecule has 0 amide bonds. The molecule has 1 aromatic heterocycles. The fourth-order valence-corrected chi connectivity index (χ4v) is 2.58. The highest BCUT2D eigenvalue weighted by molar-refractivity contribution is 5.60. The standard InChI is InChI=1S/C19H24N4O3/c1-13-10-18(21-8-9-24)23-19(15(13)12-20)22-7-6-14-4-5-16(25-2)17(11-14)26-3/h4-5,10-11,24H,6-9H2,1-3H3,(H2,21,22,23). The average molecular weight is 356 g/mol. The molecule has 0 aliphatic heterocycles. The van der Waals surface area contributed by atoms with Crippen LogP contribution in [0.15, 0.2) is 24.3 Å². The molecule has 2 rings (SSSR count). The van der Waals surface area contributed by atoms with Crippen LogP contribution >= 0.6 is 0 Å². The molecule has 2 aromatic rings. The van der Waals surface area contributed by atoms with Crippen molar-refractivity contribution in [1.82, 2.24) is 4.98 Å². The molecule has 0 fully saturated rings. The third-order valence-corrected chi connectivity index (χ3v) is 3.90. The van der Waals surface area contributed by atoms with Crippen molar-refractivity contribution < 1.29 is 14.6 Å². The van der Waals surface area contributed by atoms with Crippen molar-refractivity contribution in [3.8, 4) is 17.6 Å². The maximum absolute atomic E-state index is 9.39. The number of aliphatic hydroxyl groups is 1. The average Bonchev–Trinajstić information content (AvgIpc) is 2.66. The Labute approximate surface area is 153 Å². The van der Waals surface area contributed by atoms with Gasteiger partial charge in [-0.25, -0.2) is 4.98 Å². The third kappa shape index (κ3) is 4.77. The molecule has 138 valence electrons. The predicted molar refractivity (Wildman–Crippen MR) is 101 cm³/mol. The van der Waals surface area contributed by atoms with Gasteiger partial charge in [-0.15, -0.1) is 0 Å². The van der Waals surface area contributed by atoms with Gasteiger partial charge in [0.2, 0.25) is 0 Å². The first-order valence-electron chi connectivity index (χ1n) is 8.34. The minimum absolute atomic E-state index is 0.0167. The summed E-state index contributed by atoms with van der Waals surface area (Å²) in [7, 11) is 3.21. The molecule has 0 atom stereocenters. The van der Waals surface area contributed by atoms with Crippen molar-refractivity contribution in [2.75, 3.05) is 44.5 Å². The zero-order chi connectivity index (χ0) is 18.9. The van der Waals surface area contributed by atoms with Gasteiger partial charge in [0, 0.05) is 13.1 Å². The second-order valence-electron chi connectivity index (χ2n) is 5.68. The maximum atomic E-state index is 9.39. The van der Waals surface area contributed by atoms with Crippen molar-refractivity contribution in [1.29, 1.82) is 5.26 Å². The van der Waals surface area contributed by atoms with Gasteiger partial charge < -0.3 is 25.2 Å². The Bertz CT molecular complexity index is 787. The molecule has 0 saturated carbocycles. The maximum Gasteiger partial charge on any atom is 0.160 e. The molecule has 7 nitrogen and oxygen atoms in total. The number of ether oxygens (including phenoxy) is 2. The van der Waals surface area contributed by atoms with Crippen LogP contribution in [-0.2, 0) is 6.42 Å². The first-order valence-corrected chi connectivity index (χ1v) is 8.34. The number of aliphatic hydroxyl groups excluding tert-OH is 1. The van der Waals surface area contributed by atoms with Gasteiger partial charge in [-0.2, -0.15) is 5.26 Å². The smallest absolute Gasteiger partial charge is 0.160 e. The monoisotopic (exact) mass is 356 g/mol. The zero-order valence-electron chi connectivity index (χ0n) is 15.3. The summed E-state index contributed by atoms with van der Waals surface area (Å²) < 4.78 is 10.6. The molecule has 0 radical (unpaired) electrons. The molecule has 7 heteroatoms. The largest absolute Gasteiger partial charge is 0.493 e. The van der Waals surface area contributed by atoms with Crippen LogP contribution in [0.1, 0.15) is 16.7 Å². The quantitative estimate of drug-likeness (QED) is 0.634. The summed E-state index contributed by atoms with van der Waals surface area (Å²) in [5.41, 5.74) is 2.43. The van der Waals surface area contributed by atoms with Crippen molar-refractivity contribution in [2.45, 2.75) is 13.3 Å². The highest BCUT2D eigenvalue weighted by Gasteiger charge is 2.10. The van der Waals surface area contributed by atoms with Gasteiger partial charge in [-0.05, 0) is 42.7 Å². The number of nitriles is 1. The number of nitrogens with zero attached hydrogens (tertiary/aromatic N) is 2. The number of aryl methyl sites for hydroxylation is 1. The van der Waals surface area contributed by atoms with Crippen LogP contribution in [0.4, 0.5) is 11.6 Å². The third-order valence-electron chi connectivity index (χ3n) is 3.90. The molecule has 0 saturated heterocycles. The Morgan fingerprint density at radius 2 is 1.88 bits per heavy atom. The van der Waals surface area contributed by atoms with E-state index < -0.39 is 0 Å². The normalized spacial score (nSPS) is 10.1. The van der Waals surface area contributed by atoms with Crippen molar-refractivity contribution in [3.63, 3.8) is 0 Å². The lowest BCUT2D eigenvalue weighted by molar-refractivity contribution is 0.311. The summed E-state index contributed by atoms with van der Waals surface area (Å²) in [5.74, 6) is 2.54. The molecule has 0 aliphatic rings. The number of methoxy groups -OCH3 is 2. The van der Waals surface area contributed by atoms with Crippen LogP contribution in [0.2, 0.25) is 0 Å². The Morgan fingerprint density at radius 3 is 2.54 bits per heavy atom. The lowest BCUT2D eigenvalue weighted by Gasteiger charge is -2.13. The molecule has 3 N–H and O–H groups in total. The number of hydrogen-bond donors (Lipinski definition) is 3. The molecule has 1 heterocycles. The first-order chi connectivity index (χ1) is 12.6. The lowest BCUT2D eigenvalue weighted by Crippen LogP contribution is -2.12. The van der Waals surface area contributed by atoms with E-state index in [9.17, 15) is 5.26 Å². The number of benzene rings is 1. The van der Waals surface area contributed by atoms with Crippen molar-refractivity contribution in [2.24, 2.45) is 0 Å². The zero-order valence-corrected chi connectivity index (χ0v) is 15.3. The van der Waals surface area contributed by atoms with E-state index in [1.807, 2.05) is 25.1 Å². The Morgan fingerprint density at radius 1 is 1.12 bits per heavy atom. The van der Waals surface area contributed by atoms with Crippen LogP contribution in [0.3, 0.4) is 0 Å². The second kappa shape index (κ2) is 9.49. The number of anilines is 2. The molecule has 0 aliphatic carbocycles. The van der Waals surface area contributed by atoms with Crippen molar-refractivity contribution in [3.05, 3.63) is 41.0 Å². The number of nitrogens with one attached hydrogen (secondary N) is 2. The Kier molecular flexibility index (Phi) is 7.06. The van der Waals surface area contributed by atoms with E-state index in [0.717, 1.165) is 17.5 Å². The van der Waals surface area contributed by atoms with E-state index in [1.54, 1.807) is 20.3 Å². The molecular weight excluding hydrogens is 332 g/mol. The summed E-state index contributed by atoms with van der Waals surface area (Å²) >= 11 is 0. The molecule has 1 aromatic carbocycles. The van der Waals surface area contributed by atoms with E-state index in [2.05, 4.69) is 21.7 Å². The number of rotatable bonds is 9. The summed E-state index contributed by atoms with van der Waals surface area (Å²) in [4.78, 5) is 4.43. The summed E-state index contributed by atoms with van der Waals surface area (Å²) in [6.07, 6.45) is 0.736. The predicted octanol–water partition coefficient (Wildman–Crippen LogP) is 2.34. The van der Waals surface area contributed by atoms with Crippen LogP contribution in [0.5, 0.6) is 11.5 Å². The van der Waals surface area contributed by atoms with Gasteiger partial charge in [-0.3, -0.25) is 0 Å². The highest BCUT2D eigenvalue weighted by atomic mass is 16.5. The van der Waals surface area contributed by atoms with Crippen LogP contribution < -0.4 is 20.1 Å². The molecular formula is C19H24N4O3. The van der Waals surface area contributed by atoms with Gasteiger partial charge in [0.15, 0.2) is 11.5 Å².